The van der Waals surface area contributed by atoms with Crippen molar-refractivity contribution in [3.63, 3.8) is 0 Å². The number of carbonyl (C=O) groups is 1. The van der Waals surface area contributed by atoms with Gasteiger partial charge in [-0.05, 0) is 74.0 Å². The molecule has 3 heterocycles. The fourth-order valence-electron chi connectivity index (χ4n) is 5.08. The van der Waals surface area contributed by atoms with Gasteiger partial charge in [0.2, 0.25) is 0 Å². The lowest BCUT2D eigenvalue weighted by atomic mass is 9.95. The van der Waals surface area contributed by atoms with Gasteiger partial charge in [-0.25, -0.2) is 0 Å². The van der Waals surface area contributed by atoms with E-state index in [9.17, 15) is 4.79 Å². The highest BCUT2D eigenvalue weighted by molar-refractivity contribution is 6.05. The monoisotopic (exact) mass is 431 g/mol. The minimum Gasteiger partial charge on any atom is -0.348 e. The van der Waals surface area contributed by atoms with E-state index < -0.39 is 0 Å². The third-order valence-corrected chi connectivity index (χ3v) is 7.13. The second kappa shape index (κ2) is 9.41. The van der Waals surface area contributed by atoms with E-state index in [1.165, 1.54) is 37.7 Å². The van der Waals surface area contributed by atoms with Gasteiger partial charge in [0.1, 0.15) is 0 Å². The van der Waals surface area contributed by atoms with Crippen molar-refractivity contribution in [3.8, 4) is 11.1 Å². The van der Waals surface area contributed by atoms with Gasteiger partial charge >= 0.3 is 0 Å². The molecule has 2 aromatic heterocycles. The SMILES string of the molecule is CC1CCN(Cc2cncc(-c3ccc4[nH]nc(C(=O)NC5CCCCC5)c4c3)c2)CC1. The zero-order valence-electron chi connectivity index (χ0n) is 18.9. The summed E-state index contributed by atoms with van der Waals surface area (Å²) in [5, 5.41) is 11.4. The fraction of sp³-hybridized carbons (Fsp3) is 0.500. The number of carbonyl (C=O) groups excluding carboxylic acids is 1. The van der Waals surface area contributed by atoms with Gasteiger partial charge in [-0.15, -0.1) is 0 Å². The van der Waals surface area contributed by atoms with Gasteiger partial charge in [0.15, 0.2) is 5.69 Å². The Morgan fingerprint density at radius 1 is 1.06 bits per heavy atom. The molecule has 6 nitrogen and oxygen atoms in total. The normalized spacial score (nSPS) is 18.8. The van der Waals surface area contributed by atoms with Crippen molar-refractivity contribution in [2.24, 2.45) is 5.92 Å². The van der Waals surface area contributed by atoms with Gasteiger partial charge in [0.05, 0.1) is 5.52 Å². The van der Waals surface area contributed by atoms with Crippen LogP contribution >= 0.6 is 0 Å². The number of fused-ring (bicyclic) bond motifs is 1. The number of H-pyrrole nitrogens is 1. The number of pyridine rings is 1. The second-order valence-electron chi connectivity index (χ2n) is 9.68. The molecule has 1 aliphatic carbocycles. The Morgan fingerprint density at radius 2 is 1.88 bits per heavy atom. The summed E-state index contributed by atoms with van der Waals surface area (Å²) in [5.41, 5.74) is 4.74. The average Bonchev–Trinajstić information content (AvgIpc) is 3.25. The van der Waals surface area contributed by atoms with E-state index in [2.05, 4.69) is 50.5 Å². The van der Waals surface area contributed by atoms with Crippen LogP contribution in [0.25, 0.3) is 22.0 Å². The Morgan fingerprint density at radius 3 is 2.69 bits per heavy atom. The lowest BCUT2D eigenvalue weighted by Gasteiger charge is -2.30. The summed E-state index contributed by atoms with van der Waals surface area (Å²) < 4.78 is 0. The Bertz CT molecular complexity index is 1080. The van der Waals surface area contributed by atoms with Crippen LogP contribution in [0.3, 0.4) is 0 Å². The molecule has 0 spiro atoms. The van der Waals surface area contributed by atoms with Gasteiger partial charge in [0, 0.05) is 35.9 Å². The molecule has 3 aromatic rings. The van der Waals surface area contributed by atoms with Gasteiger partial charge in [-0.1, -0.05) is 32.3 Å². The van der Waals surface area contributed by atoms with Crippen LogP contribution in [0.4, 0.5) is 0 Å². The summed E-state index contributed by atoms with van der Waals surface area (Å²) in [6, 6.07) is 8.65. The van der Waals surface area contributed by atoms with Crippen molar-refractivity contribution in [3.05, 3.63) is 47.9 Å². The Kier molecular flexibility index (Phi) is 6.21. The van der Waals surface area contributed by atoms with Crippen LogP contribution in [0.5, 0.6) is 0 Å². The molecule has 0 radical (unpaired) electrons. The smallest absolute Gasteiger partial charge is 0.272 e. The lowest BCUT2D eigenvalue weighted by Crippen LogP contribution is -2.36. The van der Waals surface area contributed by atoms with Crippen LogP contribution in [-0.2, 0) is 6.54 Å². The van der Waals surface area contributed by atoms with Crippen LogP contribution in [0, 0.1) is 5.92 Å². The van der Waals surface area contributed by atoms with Crippen LogP contribution in [-0.4, -0.2) is 45.1 Å². The number of benzene rings is 1. The number of hydrogen-bond acceptors (Lipinski definition) is 4. The van der Waals surface area contributed by atoms with Crippen molar-refractivity contribution in [1.82, 2.24) is 25.4 Å². The molecule has 1 saturated heterocycles. The molecule has 0 unspecified atom stereocenters. The molecule has 6 heteroatoms. The number of likely N-dealkylation sites (tertiary alicyclic amines) is 1. The molecule has 32 heavy (non-hydrogen) atoms. The van der Waals surface area contributed by atoms with Gasteiger partial charge < -0.3 is 5.32 Å². The molecule has 2 fully saturated rings. The maximum absolute atomic E-state index is 12.9. The molecule has 2 N–H and O–H groups in total. The van der Waals surface area contributed by atoms with E-state index in [1.54, 1.807) is 0 Å². The van der Waals surface area contributed by atoms with E-state index in [4.69, 9.17) is 0 Å². The highest BCUT2D eigenvalue weighted by Gasteiger charge is 2.21. The van der Waals surface area contributed by atoms with Crippen LogP contribution in [0.15, 0.2) is 36.7 Å². The summed E-state index contributed by atoms with van der Waals surface area (Å²) >= 11 is 0. The molecule has 168 valence electrons. The summed E-state index contributed by atoms with van der Waals surface area (Å²) in [4.78, 5) is 20.0. The van der Waals surface area contributed by atoms with Crippen molar-refractivity contribution in [1.29, 1.82) is 0 Å². The number of aromatic nitrogens is 3. The Hall–Kier alpha value is -2.73. The molecule has 5 rings (SSSR count). The first-order valence-corrected chi connectivity index (χ1v) is 12.1. The van der Waals surface area contributed by atoms with E-state index in [0.29, 0.717) is 5.69 Å². The first-order valence-electron chi connectivity index (χ1n) is 12.1. The molecule has 0 atom stereocenters. The minimum atomic E-state index is -0.0773. The third kappa shape index (κ3) is 4.70. The summed E-state index contributed by atoms with van der Waals surface area (Å²) in [6.45, 7) is 5.60. The molecule has 1 aromatic carbocycles. The number of nitrogens with zero attached hydrogens (tertiary/aromatic N) is 3. The number of hydrogen-bond donors (Lipinski definition) is 2. The number of aromatic amines is 1. The average molecular weight is 432 g/mol. The van der Waals surface area contributed by atoms with Crippen molar-refractivity contribution >= 4 is 16.8 Å². The molecule has 1 amide bonds. The number of nitrogens with one attached hydrogen (secondary N) is 2. The van der Waals surface area contributed by atoms with E-state index in [-0.39, 0.29) is 11.9 Å². The summed E-state index contributed by atoms with van der Waals surface area (Å²) in [5.74, 6) is 0.758. The zero-order chi connectivity index (χ0) is 21.9. The van der Waals surface area contributed by atoms with Crippen molar-refractivity contribution < 1.29 is 4.79 Å². The highest BCUT2D eigenvalue weighted by atomic mass is 16.2. The Balaban J connectivity index is 1.35. The van der Waals surface area contributed by atoms with Gasteiger partial charge in [-0.2, -0.15) is 5.10 Å². The lowest BCUT2D eigenvalue weighted by molar-refractivity contribution is 0.0924. The molecule has 2 aliphatic rings. The standard InChI is InChI=1S/C26H33N5O/c1-18-9-11-31(12-10-18)17-19-13-21(16-27-15-19)20-7-8-24-23(14-20)25(30-29-24)26(32)28-22-5-3-2-4-6-22/h7-8,13-16,18,22H,2-6,9-12,17H2,1H3,(H,28,32)(H,29,30). The number of rotatable bonds is 5. The maximum atomic E-state index is 12.9. The first-order chi connectivity index (χ1) is 15.7. The number of amides is 1. The second-order valence-corrected chi connectivity index (χ2v) is 9.68. The third-order valence-electron chi connectivity index (χ3n) is 7.13. The summed E-state index contributed by atoms with van der Waals surface area (Å²) in [7, 11) is 0. The van der Waals surface area contributed by atoms with E-state index in [0.717, 1.165) is 60.4 Å². The van der Waals surface area contributed by atoms with Gasteiger partial charge in [0.25, 0.3) is 5.91 Å². The highest BCUT2D eigenvalue weighted by Crippen LogP contribution is 2.27. The van der Waals surface area contributed by atoms with E-state index in [1.807, 2.05) is 18.5 Å². The molecule has 0 bridgehead atoms. The predicted octanol–water partition coefficient (Wildman–Crippen LogP) is 4.92. The van der Waals surface area contributed by atoms with Crippen molar-refractivity contribution in [2.75, 3.05) is 13.1 Å². The van der Waals surface area contributed by atoms with Crippen LogP contribution in [0.2, 0.25) is 0 Å². The first kappa shape index (κ1) is 21.1. The molecule has 1 saturated carbocycles. The molecular formula is C26H33N5O. The molecular weight excluding hydrogens is 398 g/mol. The van der Waals surface area contributed by atoms with Crippen molar-refractivity contribution in [2.45, 2.75) is 64.5 Å². The number of piperidine rings is 1. The topological polar surface area (TPSA) is 73.9 Å². The van der Waals surface area contributed by atoms with Gasteiger partial charge in [-0.3, -0.25) is 19.8 Å². The predicted molar refractivity (Wildman–Crippen MR) is 127 cm³/mol. The molecule has 1 aliphatic heterocycles. The van der Waals surface area contributed by atoms with Crippen LogP contribution in [0.1, 0.15) is 67.9 Å². The largest absolute Gasteiger partial charge is 0.348 e. The summed E-state index contributed by atoms with van der Waals surface area (Å²) in [6.07, 6.45) is 12.2. The minimum absolute atomic E-state index is 0.0773. The van der Waals surface area contributed by atoms with E-state index >= 15 is 0 Å². The fourth-order valence-corrected chi connectivity index (χ4v) is 5.08. The quantitative estimate of drug-likeness (QED) is 0.601. The maximum Gasteiger partial charge on any atom is 0.272 e. The van der Waals surface area contributed by atoms with Crippen LogP contribution < -0.4 is 5.32 Å². The Labute approximate surface area is 189 Å². The zero-order valence-corrected chi connectivity index (χ0v) is 18.9.